The zero-order valence-corrected chi connectivity index (χ0v) is 15.7. The summed E-state index contributed by atoms with van der Waals surface area (Å²) in [5, 5.41) is 18.0. The Hall–Kier alpha value is -1.35. The van der Waals surface area contributed by atoms with Crippen LogP contribution in [0.3, 0.4) is 0 Å². The third kappa shape index (κ3) is 6.61. The minimum Gasteiger partial charge on any atom is -0.416 e. The molecule has 0 radical (unpaired) electrons. The van der Waals surface area contributed by atoms with Crippen molar-refractivity contribution in [3.05, 3.63) is 11.4 Å². The van der Waals surface area contributed by atoms with Crippen molar-refractivity contribution < 1.29 is 4.43 Å². The summed E-state index contributed by atoms with van der Waals surface area (Å²) in [6.07, 6.45) is 3.01. The van der Waals surface area contributed by atoms with Gasteiger partial charge in [0.25, 0.3) is 0 Å². The predicted molar refractivity (Wildman–Crippen MR) is 91.4 cm³/mol. The van der Waals surface area contributed by atoms with Gasteiger partial charge < -0.3 is 9.27 Å². The van der Waals surface area contributed by atoms with E-state index in [1.807, 2.05) is 0 Å². The molecule has 0 atom stereocenters. The molecule has 0 aliphatic carbocycles. The molecule has 0 unspecified atom stereocenters. The zero-order chi connectivity index (χ0) is 17.3. The summed E-state index contributed by atoms with van der Waals surface area (Å²) in [4.78, 5) is 3.47. The van der Waals surface area contributed by atoms with Crippen LogP contribution < -0.4 is 0 Å². The first kappa shape index (κ1) is 20.6. The third-order valence-electron chi connectivity index (χ3n) is 4.83. The van der Waals surface area contributed by atoms with Gasteiger partial charge in [-0.1, -0.05) is 20.8 Å². The van der Waals surface area contributed by atoms with E-state index in [-0.39, 0.29) is 10.5 Å². The van der Waals surface area contributed by atoms with Gasteiger partial charge in [-0.25, -0.2) is 6.57 Å². The van der Waals surface area contributed by atoms with Crippen LogP contribution in [0.15, 0.2) is 0 Å². The van der Waals surface area contributed by atoms with E-state index in [4.69, 9.17) is 21.5 Å². The lowest BCUT2D eigenvalue weighted by molar-refractivity contribution is 0.108. The van der Waals surface area contributed by atoms with Crippen LogP contribution >= 0.6 is 0 Å². The average molecular weight is 320 g/mol. The molecular weight excluding hydrogens is 290 g/mol. The van der Waals surface area contributed by atoms with Gasteiger partial charge in [0.1, 0.15) is 0 Å². The molecule has 0 heterocycles. The summed E-state index contributed by atoms with van der Waals surface area (Å²) in [6, 6.07) is 4.40. The van der Waals surface area contributed by atoms with Crippen molar-refractivity contribution in [3.63, 3.8) is 0 Å². The first-order valence-electron chi connectivity index (χ1n) is 7.85. The lowest BCUT2D eigenvalue weighted by Gasteiger charge is -2.40. The SMILES string of the molecule is [C-]#[N+]CCC(CCC#N)(CCC#N)CO[Si](C)(C)C(C)(C)C. The molecule has 0 aromatic rings. The molecule has 0 aliphatic rings. The second kappa shape index (κ2) is 8.94. The number of nitrogens with zero attached hydrogens (tertiary/aromatic N) is 3. The van der Waals surface area contributed by atoms with Gasteiger partial charge in [0.2, 0.25) is 6.54 Å². The molecule has 0 saturated carbocycles. The largest absolute Gasteiger partial charge is 0.416 e. The maximum absolute atomic E-state index is 8.93. The lowest BCUT2D eigenvalue weighted by atomic mass is 9.77. The van der Waals surface area contributed by atoms with Crippen molar-refractivity contribution in [3.8, 4) is 12.1 Å². The number of rotatable bonds is 9. The topological polar surface area (TPSA) is 61.2 Å². The van der Waals surface area contributed by atoms with Crippen molar-refractivity contribution in [2.24, 2.45) is 5.41 Å². The molecule has 0 aromatic heterocycles. The molecule has 0 fully saturated rings. The molecule has 0 aliphatic heterocycles. The van der Waals surface area contributed by atoms with Crippen LogP contribution in [0.25, 0.3) is 4.85 Å². The predicted octanol–water partition coefficient (Wildman–Crippen LogP) is 4.91. The summed E-state index contributed by atoms with van der Waals surface area (Å²) < 4.78 is 6.37. The normalized spacial score (nSPS) is 12.3. The van der Waals surface area contributed by atoms with Crippen LogP contribution in [-0.2, 0) is 4.43 Å². The fraction of sp³-hybridized carbons (Fsp3) is 0.824. The molecule has 0 saturated heterocycles. The highest BCUT2D eigenvalue weighted by Gasteiger charge is 2.40. The summed E-state index contributed by atoms with van der Waals surface area (Å²) in [5.74, 6) is 0. The third-order valence-corrected chi connectivity index (χ3v) is 9.31. The van der Waals surface area contributed by atoms with Gasteiger partial charge in [0.05, 0.1) is 12.1 Å². The summed E-state index contributed by atoms with van der Waals surface area (Å²) in [6.45, 7) is 19.1. The first-order chi connectivity index (χ1) is 10.1. The Morgan fingerprint density at radius 3 is 1.91 bits per heavy atom. The van der Waals surface area contributed by atoms with Crippen molar-refractivity contribution >= 4 is 8.32 Å². The fourth-order valence-corrected chi connectivity index (χ4v) is 3.18. The molecule has 0 N–H and O–H groups in total. The van der Waals surface area contributed by atoms with Crippen LogP contribution in [0.5, 0.6) is 0 Å². The van der Waals surface area contributed by atoms with Crippen molar-refractivity contribution in [2.45, 2.75) is 71.0 Å². The minimum absolute atomic E-state index is 0.128. The maximum Gasteiger partial charge on any atom is 0.215 e. The van der Waals surface area contributed by atoms with Crippen molar-refractivity contribution in [2.75, 3.05) is 13.2 Å². The molecule has 5 heteroatoms. The van der Waals surface area contributed by atoms with E-state index in [1.165, 1.54) is 0 Å². The van der Waals surface area contributed by atoms with Gasteiger partial charge in [-0.2, -0.15) is 10.5 Å². The first-order valence-corrected chi connectivity index (χ1v) is 10.8. The Labute approximate surface area is 137 Å². The Morgan fingerprint density at radius 1 is 1.05 bits per heavy atom. The molecular formula is C17H29N3OSi. The van der Waals surface area contributed by atoms with Gasteiger partial charge in [-0.05, 0) is 31.0 Å². The molecule has 22 heavy (non-hydrogen) atoms. The summed E-state index contributed by atoms with van der Waals surface area (Å²) in [5.41, 5.74) is -0.217. The fourth-order valence-electron chi connectivity index (χ4n) is 2.08. The van der Waals surface area contributed by atoms with Crippen LogP contribution in [0.4, 0.5) is 0 Å². The van der Waals surface area contributed by atoms with E-state index in [0.29, 0.717) is 45.3 Å². The molecule has 0 spiro atoms. The van der Waals surface area contributed by atoms with Gasteiger partial charge in [0, 0.05) is 31.3 Å². The Morgan fingerprint density at radius 2 is 1.55 bits per heavy atom. The van der Waals surface area contributed by atoms with Crippen LogP contribution in [0, 0.1) is 34.6 Å². The highest BCUT2D eigenvalue weighted by molar-refractivity contribution is 6.74. The van der Waals surface area contributed by atoms with E-state index in [1.54, 1.807) is 0 Å². The molecule has 0 rings (SSSR count). The lowest BCUT2D eigenvalue weighted by Crippen LogP contribution is -2.44. The van der Waals surface area contributed by atoms with Crippen LogP contribution in [0.2, 0.25) is 18.1 Å². The Balaban J connectivity index is 5.15. The van der Waals surface area contributed by atoms with E-state index < -0.39 is 8.32 Å². The average Bonchev–Trinajstić information content (AvgIpc) is 2.44. The molecule has 122 valence electrons. The van der Waals surface area contributed by atoms with E-state index >= 15 is 0 Å². The second-order valence-corrected chi connectivity index (χ2v) is 12.3. The molecule has 0 bridgehead atoms. The zero-order valence-electron chi connectivity index (χ0n) is 14.7. The molecule has 0 aromatic carbocycles. The highest BCUT2D eigenvalue weighted by Crippen LogP contribution is 2.40. The quantitative estimate of drug-likeness (QED) is 0.448. The van der Waals surface area contributed by atoms with Crippen LogP contribution in [0.1, 0.15) is 52.9 Å². The highest BCUT2D eigenvalue weighted by atomic mass is 28.4. The van der Waals surface area contributed by atoms with Crippen molar-refractivity contribution in [1.82, 2.24) is 0 Å². The van der Waals surface area contributed by atoms with E-state index in [9.17, 15) is 0 Å². The van der Waals surface area contributed by atoms with E-state index in [2.05, 4.69) is 50.8 Å². The minimum atomic E-state index is -1.88. The number of nitriles is 2. The van der Waals surface area contributed by atoms with Crippen molar-refractivity contribution in [1.29, 1.82) is 10.5 Å². The van der Waals surface area contributed by atoms with Gasteiger partial charge >= 0.3 is 0 Å². The summed E-state index contributed by atoms with van der Waals surface area (Å²) in [7, 11) is -1.88. The van der Waals surface area contributed by atoms with Gasteiger partial charge in [0.15, 0.2) is 8.32 Å². The standard InChI is InChI=1S/C17H29N3OSi/c1-16(2,3)22(5,6)21-15-17(9-7-12-18,10-8-13-19)11-14-20-4/h7-11,14-15H2,1-3,5-6H3. The van der Waals surface area contributed by atoms with Crippen LogP contribution in [-0.4, -0.2) is 21.5 Å². The second-order valence-electron chi connectivity index (χ2n) is 7.50. The van der Waals surface area contributed by atoms with Gasteiger partial charge in [-0.15, -0.1) is 0 Å². The molecule has 0 amide bonds. The van der Waals surface area contributed by atoms with Gasteiger partial charge in [-0.3, -0.25) is 0 Å². The Kier molecular flexibility index (Phi) is 8.39. The monoisotopic (exact) mass is 319 g/mol. The number of hydrogen-bond acceptors (Lipinski definition) is 3. The van der Waals surface area contributed by atoms with E-state index in [0.717, 1.165) is 0 Å². The molecule has 4 nitrogen and oxygen atoms in total. The number of hydrogen-bond donors (Lipinski definition) is 0. The summed E-state index contributed by atoms with van der Waals surface area (Å²) >= 11 is 0. The smallest absolute Gasteiger partial charge is 0.215 e. The Bertz CT molecular complexity index is 415. The maximum atomic E-state index is 8.93.